The van der Waals surface area contributed by atoms with E-state index in [1.807, 2.05) is 30.3 Å². The Bertz CT molecular complexity index is 636. The summed E-state index contributed by atoms with van der Waals surface area (Å²) < 4.78 is 20.3. The highest BCUT2D eigenvalue weighted by molar-refractivity contribution is 5.84. The SMILES string of the molecule is COC(=O)N1CC(C(=O)O)C(C(=O)OCOCCCOc2ccccc2)C1. The quantitative estimate of drug-likeness (QED) is 0.388. The Morgan fingerprint density at radius 2 is 1.81 bits per heavy atom. The fourth-order valence-corrected chi connectivity index (χ4v) is 2.70. The first-order valence-corrected chi connectivity index (χ1v) is 8.51. The number of carbonyl (C=O) groups excluding carboxylic acids is 2. The lowest BCUT2D eigenvalue weighted by Gasteiger charge is -2.14. The molecule has 2 unspecified atom stereocenters. The molecule has 9 nitrogen and oxygen atoms in total. The zero-order chi connectivity index (χ0) is 19.6. The van der Waals surface area contributed by atoms with Crippen LogP contribution in [-0.4, -0.2) is 68.2 Å². The number of carboxylic acid groups (broad SMARTS) is 1. The zero-order valence-electron chi connectivity index (χ0n) is 15.0. The number of carboxylic acids is 1. The van der Waals surface area contributed by atoms with Gasteiger partial charge in [-0.2, -0.15) is 0 Å². The minimum absolute atomic E-state index is 0.0621. The molecule has 1 N–H and O–H groups in total. The van der Waals surface area contributed by atoms with Gasteiger partial charge in [-0.1, -0.05) is 18.2 Å². The molecule has 2 rings (SSSR count). The summed E-state index contributed by atoms with van der Waals surface area (Å²) in [5.41, 5.74) is 0. The van der Waals surface area contributed by atoms with E-state index in [4.69, 9.17) is 14.2 Å². The van der Waals surface area contributed by atoms with Gasteiger partial charge in [0.15, 0.2) is 6.79 Å². The lowest BCUT2D eigenvalue weighted by Crippen LogP contribution is -2.30. The van der Waals surface area contributed by atoms with Gasteiger partial charge in [0.05, 0.1) is 32.2 Å². The van der Waals surface area contributed by atoms with E-state index in [2.05, 4.69) is 4.74 Å². The molecule has 0 bridgehead atoms. The number of para-hydroxylation sites is 1. The van der Waals surface area contributed by atoms with Gasteiger partial charge < -0.3 is 29.0 Å². The van der Waals surface area contributed by atoms with Crippen LogP contribution in [0.25, 0.3) is 0 Å². The third kappa shape index (κ3) is 6.14. The number of methoxy groups -OCH3 is 1. The summed E-state index contributed by atoms with van der Waals surface area (Å²) in [5, 5.41) is 9.24. The zero-order valence-corrected chi connectivity index (χ0v) is 15.0. The number of nitrogens with zero attached hydrogens (tertiary/aromatic N) is 1. The molecule has 0 aliphatic carbocycles. The Morgan fingerprint density at radius 1 is 1.11 bits per heavy atom. The summed E-state index contributed by atoms with van der Waals surface area (Å²) >= 11 is 0. The maximum Gasteiger partial charge on any atom is 0.409 e. The number of aliphatic carboxylic acids is 1. The minimum atomic E-state index is -1.16. The Balaban J connectivity index is 1.65. The average molecular weight is 381 g/mol. The van der Waals surface area contributed by atoms with Gasteiger partial charge in [-0.25, -0.2) is 4.79 Å². The second kappa shape index (κ2) is 10.4. The minimum Gasteiger partial charge on any atom is -0.494 e. The van der Waals surface area contributed by atoms with Crippen LogP contribution in [0.1, 0.15) is 6.42 Å². The molecule has 27 heavy (non-hydrogen) atoms. The molecule has 9 heteroatoms. The number of hydrogen-bond acceptors (Lipinski definition) is 7. The molecule has 1 aromatic carbocycles. The van der Waals surface area contributed by atoms with E-state index in [1.165, 1.54) is 12.0 Å². The van der Waals surface area contributed by atoms with Crippen LogP contribution in [0.15, 0.2) is 30.3 Å². The second-order valence-corrected chi connectivity index (χ2v) is 5.93. The van der Waals surface area contributed by atoms with Crippen LogP contribution in [0.4, 0.5) is 4.79 Å². The Labute approximate surface area is 156 Å². The van der Waals surface area contributed by atoms with Crippen molar-refractivity contribution in [3.8, 4) is 5.75 Å². The first-order valence-electron chi connectivity index (χ1n) is 8.51. The van der Waals surface area contributed by atoms with Gasteiger partial charge in [-0.3, -0.25) is 9.59 Å². The summed E-state index contributed by atoms with van der Waals surface area (Å²) in [6, 6.07) is 9.34. The van der Waals surface area contributed by atoms with Crippen molar-refractivity contribution in [2.75, 3.05) is 40.2 Å². The lowest BCUT2D eigenvalue weighted by molar-refractivity contribution is -0.165. The van der Waals surface area contributed by atoms with Gasteiger partial charge in [0.2, 0.25) is 0 Å². The van der Waals surface area contributed by atoms with Crippen LogP contribution in [0.5, 0.6) is 5.75 Å². The van der Waals surface area contributed by atoms with Gasteiger partial charge in [0.1, 0.15) is 5.75 Å². The van der Waals surface area contributed by atoms with Crippen LogP contribution in [0, 0.1) is 11.8 Å². The Morgan fingerprint density at radius 3 is 2.48 bits per heavy atom. The van der Waals surface area contributed by atoms with E-state index >= 15 is 0 Å². The molecular formula is C18H23NO8. The largest absolute Gasteiger partial charge is 0.494 e. The first-order chi connectivity index (χ1) is 13.0. The number of benzene rings is 1. The predicted octanol–water partition coefficient (Wildman–Crippen LogP) is 1.37. The van der Waals surface area contributed by atoms with Gasteiger partial charge >= 0.3 is 18.0 Å². The van der Waals surface area contributed by atoms with Crippen molar-refractivity contribution in [3.63, 3.8) is 0 Å². The summed E-state index contributed by atoms with van der Waals surface area (Å²) in [6.45, 7) is 0.329. The van der Waals surface area contributed by atoms with E-state index in [-0.39, 0.29) is 19.9 Å². The van der Waals surface area contributed by atoms with Crippen molar-refractivity contribution < 1.29 is 38.4 Å². The molecule has 2 atom stereocenters. The monoisotopic (exact) mass is 381 g/mol. The highest BCUT2D eigenvalue weighted by atomic mass is 16.7. The highest BCUT2D eigenvalue weighted by Crippen LogP contribution is 2.25. The molecule has 1 aromatic rings. The topological polar surface area (TPSA) is 112 Å². The molecule has 1 saturated heterocycles. The number of carbonyl (C=O) groups is 3. The number of esters is 1. The van der Waals surface area contributed by atoms with Crippen molar-refractivity contribution in [2.45, 2.75) is 6.42 Å². The molecule has 1 amide bonds. The van der Waals surface area contributed by atoms with Crippen molar-refractivity contribution in [1.82, 2.24) is 4.90 Å². The number of ether oxygens (including phenoxy) is 4. The Kier molecular flexibility index (Phi) is 7.87. The summed E-state index contributed by atoms with van der Waals surface area (Å²) in [4.78, 5) is 36.1. The van der Waals surface area contributed by atoms with Crippen LogP contribution >= 0.6 is 0 Å². The molecule has 1 fully saturated rings. The van der Waals surface area contributed by atoms with Gasteiger partial charge in [-0.15, -0.1) is 0 Å². The summed E-state index contributed by atoms with van der Waals surface area (Å²) in [6.07, 6.45) is -0.0739. The maximum atomic E-state index is 12.1. The standard InChI is InChI=1S/C18H23NO8/c1-24-18(23)19-10-14(16(20)21)15(11-19)17(22)27-12-25-8-5-9-26-13-6-3-2-4-7-13/h2-4,6-7,14-15H,5,8-12H2,1H3,(H,20,21). The molecule has 0 aromatic heterocycles. The first kappa shape index (κ1) is 20.5. The van der Waals surface area contributed by atoms with E-state index in [0.29, 0.717) is 19.6 Å². The van der Waals surface area contributed by atoms with Crippen molar-refractivity contribution >= 4 is 18.0 Å². The van der Waals surface area contributed by atoms with Crippen molar-refractivity contribution in [1.29, 1.82) is 0 Å². The fourth-order valence-electron chi connectivity index (χ4n) is 2.70. The van der Waals surface area contributed by atoms with Crippen LogP contribution < -0.4 is 4.74 Å². The molecule has 1 aliphatic rings. The van der Waals surface area contributed by atoms with Gasteiger partial charge in [-0.05, 0) is 12.1 Å². The molecule has 1 aliphatic heterocycles. The number of likely N-dealkylation sites (tertiary alicyclic amines) is 1. The van der Waals surface area contributed by atoms with E-state index < -0.39 is 29.9 Å². The molecule has 0 spiro atoms. The summed E-state index contributed by atoms with van der Waals surface area (Å²) in [5.74, 6) is -3.10. The van der Waals surface area contributed by atoms with Crippen LogP contribution in [0.2, 0.25) is 0 Å². The number of hydrogen-bond donors (Lipinski definition) is 1. The third-order valence-corrected chi connectivity index (χ3v) is 4.10. The normalized spacial score (nSPS) is 18.8. The predicted molar refractivity (Wildman–Crippen MR) is 92.1 cm³/mol. The molecular weight excluding hydrogens is 358 g/mol. The van der Waals surface area contributed by atoms with Crippen LogP contribution in [-0.2, 0) is 23.8 Å². The van der Waals surface area contributed by atoms with Crippen LogP contribution in [0.3, 0.4) is 0 Å². The highest BCUT2D eigenvalue weighted by Gasteiger charge is 2.45. The number of amides is 1. The van der Waals surface area contributed by atoms with E-state index in [0.717, 1.165) is 5.75 Å². The smallest absolute Gasteiger partial charge is 0.409 e. The molecule has 148 valence electrons. The Hall–Kier alpha value is -2.81. The van der Waals surface area contributed by atoms with Gasteiger partial charge in [0.25, 0.3) is 0 Å². The van der Waals surface area contributed by atoms with Crippen molar-refractivity contribution in [2.24, 2.45) is 11.8 Å². The lowest BCUT2D eigenvalue weighted by atomic mass is 9.97. The van der Waals surface area contributed by atoms with E-state index in [1.54, 1.807) is 0 Å². The number of rotatable bonds is 9. The fraction of sp³-hybridized carbons (Fsp3) is 0.500. The second-order valence-electron chi connectivity index (χ2n) is 5.93. The molecule has 1 heterocycles. The maximum absolute atomic E-state index is 12.1. The van der Waals surface area contributed by atoms with Gasteiger partial charge in [0, 0.05) is 19.5 Å². The average Bonchev–Trinajstić information content (AvgIpc) is 3.13. The van der Waals surface area contributed by atoms with Crippen molar-refractivity contribution in [3.05, 3.63) is 30.3 Å². The molecule has 0 saturated carbocycles. The third-order valence-electron chi connectivity index (χ3n) is 4.10. The molecule has 0 radical (unpaired) electrons. The summed E-state index contributed by atoms with van der Waals surface area (Å²) in [7, 11) is 1.19. The van der Waals surface area contributed by atoms with E-state index in [9.17, 15) is 19.5 Å².